The molecule has 24 heavy (non-hydrogen) atoms. The van der Waals surface area contributed by atoms with Crippen molar-refractivity contribution in [1.82, 2.24) is 10.6 Å². The molecule has 0 unspecified atom stereocenters. The Morgan fingerprint density at radius 1 is 1.08 bits per heavy atom. The van der Waals surface area contributed by atoms with Gasteiger partial charge in [-0.1, -0.05) is 32.6 Å². The van der Waals surface area contributed by atoms with E-state index in [4.69, 9.17) is 0 Å². The highest BCUT2D eigenvalue weighted by Crippen LogP contribution is 2.18. The lowest BCUT2D eigenvalue weighted by atomic mass is 9.95. The summed E-state index contributed by atoms with van der Waals surface area (Å²) in [6, 6.07) is 7.60. The molecule has 5 nitrogen and oxygen atoms in total. The van der Waals surface area contributed by atoms with Gasteiger partial charge in [0.1, 0.15) is 0 Å². The standard InChI is InChI=1S/C19H29N3O2/c1-2-3-13-20-18(23)14-21-16-11-9-15(10-12-16)19(24)22-17-7-5-4-6-8-17/h9-12,17,21H,2-8,13-14H2,1H3,(H,20,23)(H,22,24). The van der Waals surface area contributed by atoms with E-state index in [1.165, 1.54) is 19.3 Å². The van der Waals surface area contributed by atoms with Crippen LogP contribution in [0.3, 0.4) is 0 Å². The van der Waals surface area contributed by atoms with Crippen LogP contribution in [0, 0.1) is 0 Å². The van der Waals surface area contributed by atoms with E-state index in [0.29, 0.717) is 11.6 Å². The highest BCUT2D eigenvalue weighted by atomic mass is 16.2. The molecule has 1 aliphatic rings. The minimum atomic E-state index is -0.0115. The number of hydrogen-bond donors (Lipinski definition) is 3. The van der Waals surface area contributed by atoms with Crippen molar-refractivity contribution in [2.24, 2.45) is 0 Å². The third-order valence-corrected chi connectivity index (χ3v) is 4.39. The Morgan fingerprint density at radius 3 is 2.46 bits per heavy atom. The third-order valence-electron chi connectivity index (χ3n) is 4.39. The van der Waals surface area contributed by atoms with E-state index in [1.54, 1.807) is 12.1 Å². The van der Waals surface area contributed by atoms with E-state index >= 15 is 0 Å². The maximum Gasteiger partial charge on any atom is 0.251 e. The first-order chi connectivity index (χ1) is 11.7. The molecule has 0 aromatic heterocycles. The molecule has 0 bridgehead atoms. The van der Waals surface area contributed by atoms with Gasteiger partial charge in [0, 0.05) is 23.8 Å². The quantitative estimate of drug-likeness (QED) is 0.641. The van der Waals surface area contributed by atoms with Crippen molar-refractivity contribution in [3.05, 3.63) is 29.8 Å². The predicted octanol–water partition coefficient (Wildman–Crippen LogP) is 3.08. The second-order valence-corrected chi connectivity index (χ2v) is 6.44. The van der Waals surface area contributed by atoms with Crippen molar-refractivity contribution >= 4 is 17.5 Å². The zero-order valence-corrected chi connectivity index (χ0v) is 14.6. The molecule has 2 rings (SSSR count). The van der Waals surface area contributed by atoms with E-state index in [0.717, 1.165) is 37.9 Å². The molecule has 1 saturated carbocycles. The summed E-state index contributed by atoms with van der Waals surface area (Å²) in [7, 11) is 0. The normalized spacial score (nSPS) is 14.9. The summed E-state index contributed by atoms with van der Waals surface area (Å²) in [6.07, 6.45) is 7.91. The number of carbonyl (C=O) groups excluding carboxylic acids is 2. The number of nitrogens with one attached hydrogen (secondary N) is 3. The topological polar surface area (TPSA) is 70.2 Å². The first-order valence-electron chi connectivity index (χ1n) is 9.10. The van der Waals surface area contributed by atoms with Crippen molar-refractivity contribution in [1.29, 1.82) is 0 Å². The average molecular weight is 331 g/mol. The van der Waals surface area contributed by atoms with E-state index in [9.17, 15) is 9.59 Å². The summed E-state index contributed by atoms with van der Waals surface area (Å²) in [4.78, 5) is 23.9. The molecule has 5 heteroatoms. The molecule has 132 valence electrons. The van der Waals surface area contributed by atoms with Gasteiger partial charge in [-0.2, -0.15) is 0 Å². The first-order valence-corrected chi connectivity index (χ1v) is 9.10. The minimum Gasteiger partial charge on any atom is -0.376 e. The molecule has 1 aliphatic carbocycles. The molecule has 0 radical (unpaired) electrons. The number of benzene rings is 1. The van der Waals surface area contributed by atoms with Gasteiger partial charge < -0.3 is 16.0 Å². The smallest absolute Gasteiger partial charge is 0.251 e. The van der Waals surface area contributed by atoms with Crippen LogP contribution in [-0.2, 0) is 4.79 Å². The average Bonchev–Trinajstić information content (AvgIpc) is 2.61. The summed E-state index contributed by atoms with van der Waals surface area (Å²) in [5.74, 6) is -0.0201. The molecule has 0 aliphatic heterocycles. The fraction of sp³-hybridized carbons (Fsp3) is 0.579. The van der Waals surface area contributed by atoms with Crippen molar-refractivity contribution in [3.8, 4) is 0 Å². The van der Waals surface area contributed by atoms with Gasteiger partial charge in [-0.15, -0.1) is 0 Å². The van der Waals surface area contributed by atoms with Gasteiger partial charge in [-0.3, -0.25) is 9.59 Å². The lowest BCUT2D eigenvalue weighted by Crippen LogP contribution is -2.36. The Hall–Kier alpha value is -2.04. The SMILES string of the molecule is CCCCNC(=O)CNc1ccc(C(=O)NC2CCCCC2)cc1. The molecule has 1 fully saturated rings. The van der Waals surface area contributed by atoms with Gasteiger partial charge in [0.05, 0.1) is 6.54 Å². The number of hydrogen-bond acceptors (Lipinski definition) is 3. The van der Waals surface area contributed by atoms with Crippen LogP contribution in [0.2, 0.25) is 0 Å². The monoisotopic (exact) mass is 331 g/mol. The van der Waals surface area contributed by atoms with Crippen LogP contribution in [0.1, 0.15) is 62.2 Å². The Labute approximate surface area is 144 Å². The molecule has 0 heterocycles. The molecule has 0 atom stereocenters. The lowest BCUT2D eigenvalue weighted by Gasteiger charge is -2.22. The van der Waals surface area contributed by atoms with E-state index < -0.39 is 0 Å². The Balaban J connectivity index is 1.75. The van der Waals surface area contributed by atoms with E-state index in [2.05, 4.69) is 22.9 Å². The van der Waals surface area contributed by atoms with Crippen LogP contribution in [-0.4, -0.2) is 30.9 Å². The van der Waals surface area contributed by atoms with Gasteiger partial charge in [-0.25, -0.2) is 0 Å². The molecule has 3 N–H and O–H groups in total. The maximum absolute atomic E-state index is 12.2. The molecular weight excluding hydrogens is 302 g/mol. The van der Waals surface area contributed by atoms with Crippen LogP contribution in [0.15, 0.2) is 24.3 Å². The van der Waals surface area contributed by atoms with Crippen molar-refractivity contribution in [2.45, 2.75) is 57.9 Å². The lowest BCUT2D eigenvalue weighted by molar-refractivity contribution is -0.119. The number of carbonyl (C=O) groups is 2. The summed E-state index contributed by atoms with van der Waals surface area (Å²) >= 11 is 0. The number of amides is 2. The Bertz CT molecular complexity index is 522. The Kier molecular flexibility index (Phi) is 7.59. The van der Waals surface area contributed by atoms with Gasteiger partial charge in [0.15, 0.2) is 0 Å². The molecule has 1 aromatic carbocycles. The fourth-order valence-corrected chi connectivity index (χ4v) is 2.90. The number of rotatable bonds is 8. The highest BCUT2D eigenvalue weighted by molar-refractivity contribution is 5.94. The maximum atomic E-state index is 12.2. The third kappa shape index (κ3) is 6.22. The highest BCUT2D eigenvalue weighted by Gasteiger charge is 2.16. The predicted molar refractivity (Wildman–Crippen MR) is 97.2 cm³/mol. The molecule has 0 saturated heterocycles. The van der Waals surface area contributed by atoms with Crippen LogP contribution in [0.25, 0.3) is 0 Å². The summed E-state index contributed by atoms with van der Waals surface area (Å²) in [5.41, 5.74) is 1.51. The van der Waals surface area contributed by atoms with Crippen molar-refractivity contribution in [2.75, 3.05) is 18.4 Å². The number of unbranched alkanes of at least 4 members (excludes halogenated alkanes) is 1. The fourth-order valence-electron chi connectivity index (χ4n) is 2.90. The van der Waals surface area contributed by atoms with Gasteiger partial charge in [0.2, 0.25) is 5.91 Å². The molecular formula is C19H29N3O2. The van der Waals surface area contributed by atoms with Gasteiger partial charge in [-0.05, 0) is 43.5 Å². The van der Waals surface area contributed by atoms with Crippen LogP contribution in [0.5, 0.6) is 0 Å². The molecule has 1 aromatic rings. The minimum absolute atomic E-state index is 0.00856. The molecule has 0 spiro atoms. The van der Waals surface area contributed by atoms with Crippen molar-refractivity contribution in [3.63, 3.8) is 0 Å². The van der Waals surface area contributed by atoms with Crippen molar-refractivity contribution < 1.29 is 9.59 Å². The first kappa shape index (κ1) is 18.3. The number of anilines is 1. The second kappa shape index (κ2) is 9.96. The molecule has 2 amide bonds. The van der Waals surface area contributed by atoms with E-state index in [-0.39, 0.29) is 18.4 Å². The van der Waals surface area contributed by atoms with Crippen LogP contribution in [0.4, 0.5) is 5.69 Å². The second-order valence-electron chi connectivity index (χ2n) is 6.44. The summed E-state index contributed by atoms with van der Waals surface area (Å²) in [5, 5.41) is 9.05. The largest absolute Gasteiger partial charge is 0.376 e. The Morgan fingerprint density at radius 2 is 1.79 bits per heavy atom. The summed E-state index contributed by atoms with van der Waals surface area (Å²) in [6.45, 7) is 3.06. The van der Waals surface area contributed by atoms with Crippen LogP contribution >= 0.6 is 0 Å². The van der Waals surface area contributed by atoms with Gasteiger partial charge >= 0.3 is 0 Å². The van der Waals surface area contributed by atoms with Gasteiger partial charge in [0.25, 0.3) is 5.91 Å². The van der Waals surface area contributed by atoms with E-state index in [1.807, 2.05) is 12.1 Å². The van der Waals surface area contributed by atoms with Crippen LogP contribution < -0.4 is 16.0 Å². The zero-order valence-electron chi connectivity index (χ0n) is 14.6. The summed E-state index contributed by atoms with van der Waals surface area (Å²) < 4.78 is 0. The zero-order chi connectivity index (χ0) is 17.2.